The van der Waals surface area contributed by atoms with Gasteiger partial charge in [0, 0.05) is 31.9 Å². The lowest BCUT2D eigenvalue weighted by Gasteiger charge is -2.35. The molecule has 2 aliphatic rings. The van der Waals surface area contributed by atoms with Gasteiger partial charge in [-0.05, 0) is 49.7 Å². The topological polar surface area (TPSA) is 69.7 Å². The fourth-order valence-electron chi connectivity index (χ4n) is 3.74. The number of fused-ring (bicyclic) bond motifs is 1. The van der Waals surface area contributed by atoms with Crippen LogP contribution in [0.4, 0.5) is 15.8 Å². The van der Waals surface area contributed by atoms with Gasteiger partial charge in [0.2, 0.25) is 15.9 Å². The second kappa shape index (κ2) is 6.56. The van der Waals surface area contributed by atoms with Crippen molar-refractivity contribution in [2.75, 3.05) is 36.4 Å². The van der Waals surface area contributed by atoms with E-state index >= 15 is 0 Å². The predicted octanol–water partition coefficient (Wildman–Crippen LogP) is 2.57. The van der Waals surface area contributed by atoms with Crippen LogP contribution in [0, 0.1) is 5.82 Å². The fourth-order valence-corrected chi connectivity index (χ4v) is 5.19. The van der Waals surface area contributed by atoms with Crippen LogP contribution in [0.5, 0.6) is 0 Å². The van der Waals surface area contributed by atoms with E-state index in [9.17, 15) is 17.6 Å². The third kappa shape index (κ3) is 2.97. The first-order chi connectivity index (χ1) is 13.2. The van der Waals surface area contributed by atoms with Crippen molar-refractivity contribution in [3.05, 3.63) is 53.8 Å². The minimum Gasteiger partial charge on any atom is -0.367 e. The van der Waals surface area contributed by atoms with Crippen LogP contribution in [0.2, 0.25) is 0 Å². The first-order valence-electron chi connectivity index (χ1n) is 9.17. The first-order valence-corrected chi connectivity index (χ1v) is 10.6. The van der Waals surface area contributed by atoms with Gasteiger partial charge in [-0.2, -0.15) is 4.31 Å². The minimum absolute atomic E-state index is 0.143. The molecule has 0 aliphatic carbocycles. The zero-order valence-corrected chi connectivity index (χ0v) is 16.6. The number of para-hydroxylation sites is 1. The second-order valence-electron chi connectivity index (χ2n) is 7.63. The number of carbonyl (C=O) groups is 1. The van der Waals surface area contributed by atoms with E-state index in [1.54, 1.807) is 44.2 Å². The Morgan fingerprint density at radius 3 is 2.39 bits per heavy atom. The molecule has 1 amide bonds. The number of amides is 1. The second-order valence-corrected chi connectivity index (χ2v) is 9.57. The van der Waals surface area contributed by atoms with Crippen molar-refractivity contribution in [1.82, 2.24) is 4.31 Å². The number of rotatable bonds is 3. The van der Waals surface area contributed by atoms with Crippen molar-refractivity contribution in [1.29, 1.82) is 0 Å². The lowest BCUT2D eigenvalue weighted by molar-refractivity contribution is -0.119. The van der Waals surface area contributed by atoms with Crippen molar-refractivity contribution in [2.45, 2.75) is 24.2 Å². The summed E-state index contributed by atoms with van der Waals surface area (Å²) in [5, 5.41) is 2.79. The Bertz CT molecular complexity index is 1040. The van der Waals surface area contributed by atoms with Gasteiger partial charge < -0.3 is 10.2 Å². The summed E-state index contributed by atoms with van der Waals surface area (Å²) in [4.78, 5) is 14.1. The van der Waals surface area contributed by atoms with E-state index in [1.807, 2.05) is 4.90 Å². The van der Waals surface area contributed by atoms with Crippen molar-refractivity contribution in [3.8, 4) is 0 Å². The van der Waals surface area contributed by atoms with Crippen molar-refractivity contribution in [3.63, 3.8) is 0 Å². The maximum atomic E-state index is 14.0. The number of anilines is 2. The summed E-state index contributed by atoms with van der Waals surface area (Å²) in [5.41, 5.74) is 1.05. The van der Waals surface area contributed by atoms with E-state index in [4.69, 9.17) is 0 Å². The number of hydrogen-bond donors (Lipinski definition) is 1. The zero-order valence-electron chi connectivity index (χ0n) is 15.8. The number of halogens is 1. The molecule has 28 heavy (non-hydrogen) atoms. The number of piperazine rings is 1. The molecule has 2 aliphatic heterocycles. The highest BCUT2D eigenvalue weighted by Crippen LogP contribution is 2.39. The van der Waals surface area contributed by atoms with Crippen LogP contribution in [0.3, 0.4) is 0 Å². The van der Waals surface area contributed by atoms with E-state index in [-0.39, 0.29) is 29.7 Å². The minimum atomic E-state index is -3.69. The molecule has 0 atom stereocenters. The molecule has 2 aromatic rings. The number of nitrogens with one attached hydrogen (secondary N) is 1. The molecule has 1 fully saturated rings. The maximum Gasteiger partial charge on any atom is 0.243 e. The van der Waals surface area contributed by atoms with Crippen LogP contribution >= 0.6 is 0 Å². The summed E-state index contributed by atoms with van der Waals surface area (Å²) < 4.78 is 41.7. The largest absolute Gasteiger partial charge is 0.367 e. The quantitative estimate of drug-likeness (QED) is 0.855. The molecule has 0 aromatic heterocycles. The highest BCUT2D eigenvalue weighted by Gasteiger charge is 2.39. The van der Waals surface area contributed by atoms with Crippen molar-refractivity contribution in [2.24, 2.45) is 0 Å². The van der Waals surface area contributed by atoms with Crippen LogP contribution in [-0.4, -0.2) is 44.8 Å². The van der Waals surface area contributed by atoms with Crippen LogP contribution in [0.15, 0.2) is 47.4 Å². The summed E-state index contributed by atoms with van der Waals surface area (Å²) >= 11 is 0. The first kappa shape index (κ1) is 18.9. The van der Waals surface area contributed by atoms with Crippen LogP contribution in [0.25, 0.3) is 0 Å². The Balaban J connectivity index is 1.56. The van der Waals surface area contributed by atoms with Gasteiger partial charge in [-0.1, -0.05) is 12.1 Å². The Morgan fingerprint density at radius 1 is 1.04 bits per heavy atom. The molecule has 0 spiro atoms. The third-order valence-electron chi connectivity index (χ3n) is 5.55. The van der Waals surface area contributed by atoms with Gasteiger partial charge in [-0.15, -0.1) is 0 Å². The van der Waals surface area contributed by atoms with Gasteiger partial charge in [0.1, 0.15) is 5.82 Å². The molecule has 2 aromatic carbocycles. The number of benzene rings is 2. The Hall–Kier alpha value is -2.45. The number of carbonyl (C=O) groups excluding carboxylic acids is 1. The Morgan fingerprint density at radius 2 is 1.71 bits per heavy atom. The summed E-state index contributed by atoms with van der Waals surface area (Å²) in [6.45, 7) is 4.92. The van der Waals surface area contributed by atoms with E-state index in [2.05, 4.69) is 5.32 Å². The average Bonchev–Trinajstić information content (AvgIpc) is 2.91. The van der Waals surface area contributed by atoms with Gasteiger partial charge in [0.25, 0.3) is 0 Å². The smallest absolute Gasteiger partial charge is 0.243 e. The lowest BCUT2D eigenvalue weighted by atomic mass is 9.86. The van der Waals surface area contributed by atoms with E-state index in [1.165, 1.54) is 16.4 Å². The Kier molecular flexibility index (Phi) is 4.43. The molecule has 4 rings (SSSR count). The predicted molar refractivity (Wildman–Crippen MR) is 105 cm³/mol. The molecule has 148 valence electrons. The van der Waals surface area contributed by atoms with Gasteiger partial charge in [0.15, 0.2) is 0 Å². The molecule has 2 heterocycles. The Labute approximate surface area is 164 Å². The average molecular weight is 403 g/mol. The molecule has 6 nitrogen and oxygen atoms in total. The highest BCUT2D eigenvalue weighted by atomic mass is 32.2. The summed E-state index contributed by atoms with van der Waals surface area (Å²) in [5.74, 6) is -0.452. The monoisotopic (exact) mass is 403 g/mol. The molecule has 8 heteroatoms. The number of nitrogens with zero attached hydrogens (tertiary/aromatic N) is 2. The summed E-state index contributed by atoms with van der Waals surface area (Å²) in [6.07, 6.45) is 0. The van der Waals surface area contributed by atoms with Gasteiger partial charge >= 0.3 is 0 Å². The molecule has 0 saturated carbocycles. The SMILES string of the molecule is CC1(C)C(=O)Nc2ccc(S(=O)(=O)N3CCN(c4ccccc4F)CC3)cc21. The van der Waals surface area contributed by atoms with Crippen LogP contribution in [0.1, 0.15) is 19.4 Å². The maximum absolute atomic E-state index is 14.0. The van der Waals surface area contributed by atoms with Crippen LogP contribution in [-0.2, 0) is 20.2 Å². The van der Waals surface area contributed by atoms with Crippen LogP contribution < -0.4 is 10.2 Å². The molecular formula is C20H22FN3O3S. The molecule has 1 saturated heterocycles. The molecule has 1 N–H and O–H groups in total. The van der Waals surface area contributed by atoms with Gasteiger partial charge in [0.05, 0.1) is 16.0 Å². The third-order valence-corrected chi connectivity index (χ3v) is 7.44. The summed E-state index contributed by atoms with van der Waals surface area (Å²) in [6, 6.07) is 11.3. The summed E-state index contributed by atoms with van der Waals surface area (Å²) in [7, 11) is -3.69. The fraction of sp³-hybridized carbons (Fsp3) is 0.350. The van der Waals surface area contributed by atoms with E-state index in [0.29, 0.717) is 30.0 Å². The normalized spacial score (nSPS) is 19.4. The lowest BCUT2D eigenvalue weighted by Crippen LogP contribution is -2.48. The number of sulfonamides is 1. The standard InChI is InChI=1S/C20H22FN3O3S/c1-20(2)15-13-14(7-8-17(15)22-19(20)25)28(26,27)24-11-9-23(10-12-24)18-6-4-3-5-16(18)21/h3-8,13H,9-12H2,1-2H3,(H,22,25). The molecular weight excluding hydrogens is 381 g/mol. The van der Waals surface area contributed by atoms with Crippen molar-refractivity contribution >= 4 is 27.3 Å². The number of hydrogen-bond acceptors (Lipinski definition) is 4. The van der Waals surface area contributed by atoms with E-state index in [0.717, 1.165) is 0 Å². The van der Waals surface area contributed by atoms with Gasteiger partial charge in [-0.3, -0.25) is 4.79 Å². The molecule has 0 radical (unpaired) electrons. The zero-order chi connectivity index (χ0) is 20.1. The van der Waals surface area contributed by atoms with E-state index < -0.39 is 15.4 Å². The molecule has 0 bridgehead atoms. The highest BCUT2D eigenvalue weighted by molar-refractivity contribution is 7.89. The molecule has 0 unspecified atom stereocenters. The van der Waals surface area contributed by atoms with Gasteiger partial charge in [-0.25, -0.2) is 12.8 Å². The van der Waals surface area contributed by atoms with Crippen molar-refractivity contribution < 1.29 is 17.6 Å².